The van der Waals surface area contributed by atoms with Crippen LogP contribution in [0.1, 0.15) is 253 Å². The molecule has 0 aromatic rings. The van der Waals surface area contributed by atoms with Gasteiger partial charge in [0.25, 0.3) is 0 Å². The minimum absolute atomic E-state index is 0. The summed E-state index contributed by atoms with van der Waals surface area (Å²) in [5.41, 5.74) is 2.00. The molecule has 5 heterocycles. The molecule has 0 atom stereocenters. The highest BCUT2D eigenvalue weighted by Gasteiger charge is 2.36. The van der Waals surface area contributed by atoms with Crippen LogP contribution < -0.4 is 0 Å². The van der Waals surface area contributed by atoms with E-state index in [1.165, 1.54) is 72.1 Å². The lowest BCUT2D eigenvalue weighted by Crippen LogP contribution is -2.65. The van der Waals surface area contributed by atoms with E-state index in [4.69, 9.17) is 9.47 Å². The van der Waals surface area contributed by atoms with Gasteiger partial charge in [0.05, 0.1) is 34.0 Å². The molecular formula is C84H206N13O2+. The van der Waals surface area contributed by atoms with E-state index < -0.39 is 0 Å². The van der Waals surface area contributed by atoms with Crippen LogP contribution in [0.2, 0.25) is 0 Å². The molecule has 0 N–H and O–H groups in total. The average Bonchev–Trinajstić information content (AvgIpc) is 3.22. The van der Waals surface area contributed by atoms with Crippen molar-refractivity contribution in [1.82, 2.24) is 58.8 Å². The van der Waals surface area contributed by atoms with Crippen molar-refractivity contribution in [3.8, 4) is 11.8 Å². The van der Waals surface area contributed by atoms with Gasteiger partial charge in [-0.15, -0.1) is 5.92 Å². The smallest absolute Gasteiger partial charge is 0.140 e. The van der Waals surface area contributed by atoms with E-state index in [2.05, 4.69) is 302 Å². The summed E-state index contributed by atoms with van der Waals surface area (Å²) in [5.74, 6) is 11.6. The average molecular weight is 1430 g/mol. The molecule has 0 aliphatic carbocycles. The summed E-state index contributed by atoms with van der Waals surface area (Å²) in [6, 6.07) is 0. The monoisotopic (exact) mass is 1430 g/mol. The summed E-state index contributed by atoms with van der Waals surface area (Å²) in [4.78, 5) is 27.5. The minimum Gasteiger partial charge on any atom is -0.351 e. The summed E-state index contributed by atoms with van der Waals surface area (Å²) in [6.07, 6.45) is 2.41. The van der Waals surface area contributed by atoms with Gasteiger partial charge in [-0.1, -0.05) is 246 Å². The van der Waals surface area contributed by atoms with Crippen LogP contribution in [0, 0.1) is 74.4 Å². The number of hydrogen-bond acceptors (Lipinski definition) is 14. The maximum absolute atomic E-state index is 5.45. The van der Waals surface area contributed by atoms with Gasteiger partial charge < -0.3 is 28.7 Å². The molecule has 5 fully saturated rings. The SMILES string of the molecule is C.C.C.C.C.C.C.C.C.C.CC(C)(C)CN1C[N+](C)(C)C1.CC(C)CC1CN(C)C1.CC(C)CN1CC(C)C1.CC(C)CN1CN(C)C1.CC(C)CN1COC1.CN(C)CC#CCC(C)(C)C.CN(C)CC(C)(C)C.CN(C)CN(C)CC(C)(C)C.CN(C)COCN(C)CC(C)(C)C. The third-order valence-corrected chi connectivity index (χ3v) is 12.9. The van der Waals surface area contributed by atoms with Gasteiger partial charge >= 0.3 is 0 Å². The molecule has 0 spiro atoms. The van der Waals surface area contributed by atoms with Crippen molar-refractivity contribution in [1.29, 1.82) is 0 Å². The van der Waals surface area contributed by atoms with Gasteiger partial charge in [0, 0.05) is 85.1 Å². The molecule has 0 amide bonds. The Morgan fingerprint density at radius 3 is 1.08 bits per heavy atom. The predicted octanol–water partition coefficient (Wildman–Crippen LogP) is 19.1. The standard InChI is InChI=1S/C10H24N2O.C10H19N.C9H21N2.C9H22N2.2C8H17N.C7H16N2.C7H17N.C6H13NO.10CH4/c1-10(2,3)7-12(6)9-13-8-11(4)5;1-10(2,3)8-6-7-9-11(4)5;1-9(2,3)6-10-7-11(4,5)8-10;1-9(2,3)7-11(6)8-10(4)5;1-7(2)4-8-5-9(3)6-8;2*1-7(2)4-9-5-8(3)6-9;1-7(2,3)6-8(4)5;1-6(2)3-7-4-8-5-7;;;;;;;;;;/h7-9H2,1-6H3;8-9H2,1-5H3;6-8H2,1-5H3;7-8H2,1-6H3;2*7-8H,4-6H2,1-3H3;7H,4-6H2,1-3H3;6H2,1-5H3;6H,3-5H2,1-2H3;10*1H4/q;;+1;;;;;;;;;;;;;;;;. The summed E-state index contributed by atoms with van der Waals surface area (Å²) >= 11 is 0. The Hall–Kier alpha value is -1.04. The molecule has 15 nitrogen and oxygen atoms in total. The van der Waals surface area contributed by atoms with E-state index in [1.54, 1.807) is 0 Å². The first kappa shape index (κ1) is 131. The van der Waals surface area contributed by atoms with E-state index in [-0.39, 0.29) is 74.3 Å². The van der Waals surface area contributed by atoms with Crippen LogP contribution >= 0.6 is 0 Å². The molecule has 15 heteroatoms. The Morgan fingerprint density at radius 1 is 0.434 bits per heavy atom. The number of ether oxygens (including phenoxy) is 2. The molecule has 0 aromatic carbocycles. The van der Waals surface area contributed by atoms with Crippen LogP contribution in [0.15, 0.2) is 0 Å². The highest BCUT2D eigenvalue weighted by molar-refractivity contribution is 5.02. The fraction of sp³-hybridized carbons (Fsp3) is 0.976. The number of nitrogens with zero attached hydrogens (tertiary/aromatic N) is 13. The number of rotatable bonds is 19. The van der Waals surface area contributed by atoms with Gasteiger partial charge in [-0.05, 0) is 154 Å². The molecular weight excluding hydrogens is 1220 g/mol. The Labute approximate surface area is 634 Å². The van der Waals surface area contributed by atoms with Crippen molar-refractivity contribution in [3.63, 3.8) is 0 Å². The molecule has 5 aliphatic rings. The second kappa shape index (κ2) is 66.4. The van der Waals surface area contributed by atoms with Crippen LogP contribution in [0.25, 0.3) is 0 Å². The molecule has 618 valence electrons. The maximum atomic E-state index is 5.45. The first-order valence-corrected chi connectivity index (χ1v) is 34.7. The van der Waals surface area contributed by atoms with E-state index in [0.29, 0.717) is 40.5 Å². The van der Waals surface area contributed by atoms with Crippen molar-refractivity contribution in [2.45, 2.75) is 253 Å². The van der Waals surface area contributed by atoms with Gasteiger partial charge in [0.1, 0.15) is 40.3 Å². The Morgan fingerprint density at radius 2 is 0.828 bits per heavy atom. The van der Waals surface area contributed by atoms with Crippen molar-refractivity contribution >= 4 is 0 Å². The number of likely N-dealkylation sites (tertiary alicyclic amines) is 2. The van der Waals surface area contributed by atoms with Gasteiger partial charge in [-0.2, -0.15) is 0 Å². The molecule has 0 saturated carbocycles. The topological polar surface area (TPSA) is 57.3 Å². The lowest BCUT2D eigenvalue weighted by molar-refractivity contribution is -0.962. The van der Waals surface area contributed by atoms with Gasteiger partial charge in [-0.25, -0.2) is 4.90 Å². The summed E-state index contributed by atoms with van der Waals surface area (Å²) in [7, 11) is 29.6. The minimum atomic E-state index is 0. The van der Waals surface area contributed by atoms with Crippen LogP contribution in [0.5, 0.6) is 0 Å². The zero-order valence-electron chi connectivity index (χ0n) is 67.9. The summed E-state index contributed by atoms with van der Waals surface area (Å²) in [5, 5.41) is 0. The fourth-order valence-corrected chi connectivity index (χ4v) is 11.1. The molecule has 0 bridgehead atoms. The van der Waals surface area contributed by atoms with Crippen molar-refractivity contribution < 1.29 is 14.0 Å². The Balaban J connectivity index is -0.0000000678. The van der Waals surface area contributed by atoms with Crippen LogP contribution in [0.3, 0.4) is 0 Å². The van der Waals surface area contributed by atoms with E-state index in [0.717, 1.165) is 106 Å². The summed E-state index contributed by atoms with van der Waals surface area (Å²) in [6.45, 7) is 77.6. The van der Waals surface area contributed by atoms with Crippen molar-refractivity contribution in [3.05, 3.63) is 0 Å². The van der Waals surface area contributed by atoms with Crippen LogP contribution in [-0.2, 0) is 9.47 Å². The van der Waals surface area contributed by atoms with Crippen molar-refractivity contribution in [2.75, 3.05) is 237 Å². The fourth-order valence-electron chi connectivity index (χ4n) is 11.1. The summed E-state index contributed by atoms with van der Waals surface area (Å²) < 4.78 is 11.6. The lowest BCUT2D eigenvalue weighted by atomic mass is 9.91. The Kier molecular flexibility index (Phi) is 87.6. The largest absolute Gasteiger partial charge is 0.351 e. The molecule has 0 unspecified atom stereocenters. The third-order valence-electron chi connectivity index (χ3n) is 12.9. The Bertz CT molecular complexity index is 1610. The maximum Gasteiger partial charge on any atom is 0.140 e. The number of quaternary nitrogens is 1. The molecule has 5 saturated heterocycles. The zero-order valence-corrected chi connectivity index (χ0v) is 67.9. The second-order valence-electron chi connectivity index (χ2n) is 37.2. The quantitative estimate of drug-likeness (QED) is 0.0701. The molecule has 5 aliphatic heterocycles. The lowest BCUT2D eigenvalue weighted by Gasteiger charge is -2.48. The molecule has 5 rings (SSSR count). The number of hydrogen-bond donors (Lipinski definition) is 0. The molecule has 0 aromatic heterocycles. The second-order valence-corrected chi connectivity index (χ2v) is 37.2. The first-order chi connectivity index (χ1) is 40.1. The first-order valence-electron chi connectivity index (χ1n) is 34.7. The molecule has 0 radical (unpaired) electrons. The van der Waals surface area contributed by atoms with Crippen LogP contribution in [0.4, 0.5) is 0 Å². The third kappa shape index (κ3) is 101. The van der Waals surface area contributed by atoms with Crippen molar-refractivity contribution in [2.24, 2.45) is 62.6 Å². The molecule has 99 heavy (non-hydrogen) atoms. The predicted molar refractivity (Wildman–Crippen MR) is 463 cm³/mol. The highest BCUT2D eigenvalue weighted by atomic mass is 16.5. The van der Waals surface area contributed by atoms with Gasteiger partial charge in [0.15, 0.2) is 0 Å². The van der Waals surface area contributed by atoms with Crippen LogP contribution in [-0.4, -0.2) is 301 Å². The van der Waals surface area contributed by atoms with E-state index >= 15 is 0 Å². The van der Waals surface area contributed by atoms with E-state index in [9.17, 15) is 0 Å². The highest BCUT2D eigenvalue weighted by Crippen LogP contribution is 2.23. The van der Waals surface area contributed by atoms with E-state index in [1.807, 2.05) is 33.1 Å². The van der Waals surface area contributed by atoms with Gasteiger partial charge in [-0.3, -0.25) is 39.2 Å². The zero-order chi connectivity index (χ0) is 70.5. The van der Waals surface area contributed by atoms with Gasteiger partial charge in [0.2, 0.25) is 0 Å². The normalized spacial score (nSPS) is 16.1.